The molecule has 0 amide bonds. The van der Waals surface area contributed by atoms with Gasteiger partial charge in [-0.25, -0.2) is 4.79 Å². The lowest BCUT2D eigenvalue weighted by Crippen LogP contribution is -2.14. The van der Waals surface area contributed by atoms with Gasteiger partial charge in [0.2, 0.25) is 0 Å². The average Bonchev–Trinajstić information content (AvgIpc) is 2.71. The molecule has 0 radical (unpaired) electrons. The summed E-state index contributed by atoms with van der Waals surface area (Å²) in [6.45, 7) is 2.02. The van der Waals surface area contributed by atoms with Crippen LogP contribution in [0.15, 0.2) is 78.9 Å². The summed E-state index contributed by atoms with van der Waals surface area (Å²) in [5.41, 5.74) is 2.08. The normalized spacial score (nSPS) is 10.9. The molecule has 0 fully saturated rings. The number of hydrogen-bond acceptors (Lipinski definition) is 3. The quantitative estimate of drug-likeness (QED) is 0.437. The Labute approximate surface area is 158 Å². The summed E-state index contributed by atoms with van der Waals surface area (Å²) in [6.07, 6.45) is 0. The van der Waals surface area contributed by atoms with Crippen molar-refractivity contribution in [3.63, 3.8) is 0 Å². The van der Waals surface area contributed by atoms with Crippen LogP contribution in [0, 0.1) is 0 Å². The molecule has 4 rings (SSSR count). The SMILES string of the molecule is CCOC(=O)COc1ccc2ccccc2c1-c1cccc2ccccc12. The minimum absolute atomic E-state index is 0.107. The van der Waals surface area contributed by atoms with Crippen LogP contribution in [0.5, 0.6) is 5.75 Å². The van der Waals surface area contributed by atoms with Gasteiger partial charge < -0.3 is 9.47 Å². The number of fused-ring (bicyclic) bond motifs is 2. The molecule has 3 heteroatoms. The Morgan fingerprint density at radius 2 is 1.44 bits per heavy atom. The van der Waals surface area contributed by atoms with Gasteiger partial charge in [0.05, 0.1) is 6.61 Å². The molecule has 134 valence electrons. The molecule has 3 nitrogen and oxygen atoms in total. The van der Waals surface area contributed by atoms with E-state index in [1.54, 1.807) is 6.92 Å². The van der Waals surface area contributed by atoms with Crippen molar-refractivity contribution in [2.75, 3.05) is 13.2 Å². The minimum Gasteiger partial charge on any atom is -0.481 e. The van der Waals surface area contributed by atoms with Crippen LogP contribution < -0.4 is 4.74 Å². The van der Waals surface area contributed by atoms with Crippen LogP contribution in [0.25, 0.3) is 32.7 Å². The first-order chi connectivity index (χ1) is 13.3. The summed E-state index contributed by atoms with van der Waals surface area (Å²) in [5, 5.41) is 4.54. The molecular weight excluding hydrogens is 336 g/mol. The topological polar surface area (TPSA) is 35.5 Å². The summed E-state index contributed by atoms with van der Waals surface area (Å²) in [4.78, 5) is 11.8. The number of benzene rings is 4. The standard InChI is InChI=1S/C24H20O3/c1-2-26-23(25)16-27-22-15-14-18-9-4-6-12-20(18)24(22)21-13-7-10-17-8-3-5-11-19(17)21/h3-15H,2,16H2,1H3. The molecule has 0 aromatic heterocycles. The highest BCUT2D eigenvalue weighted by Crippen LogP contribution is 2.40. The highest BCUT2D eigenvalue weighted by molar-refractivity contribution is 6.07. The van der Waals surface area contributed by atoms with E-state index in [2.05, 4.69) is 42.5 Å². The maximum atomic E-state index is 11.8. The lowest BCUT2D eigenvalue weighted by atomic mass is 9.93. The Hall–Kier alpha value is -3.33. The van der Waals surface area contributed by atoms with Crippen LogP contribution in [0.1, 0.15) is 6.92 Å². The highest BCUT2D eigenvalue weighted by Gasteiger charge is 2.15. The molecule has 0 aliphatic heterocycles. The summed E-state index contributed by atoms with van der Waals surface area (Å²) in [5.74, 6) is 0.313. The van der Waals surface area contributed by atoms with Crippen molar-refractivity contribution in [2.24, 2.45) is 0 Å². The molecule has 0 aliphatic carbocycles. The maximum Gasteiger partial charge on any atom is 0.344 e. The fraction of sp³-hybridized carbons (Fsp3) is 0.125. The van der Waals surface area contributed by atoms with Crippen molar-refractivity contribution < 1.29 is 14.3 Å². The van der Waals surface area contributed by atoms with Gasteiger partial charge in [-0.1, -0.05) is 72.8 Å². The zero-order valence-corrected chi connectivity index (χ0v) is 15.1. The third-order valence-electron chi connectivity index (χ3n) is 4.60. The third-order valence-corrected chi connectivity index (χ3v) is 4.60. The van der Waals surface area contributed by atoms with Crippen LogP contribution in [0.2, 0.25) is 0 Å². The molecule has 4 aromatic rings. The Balaban J connectivity index is 1.91. The second-order valence-corrected chi connectivity index (χ2v) is 6.28. The van der Waals surface area contributed by atoms with Crippen molar-refractivity contribution >= 4 is 27.5 Å². The number of esters is 1. The number of hydrogen-bond donors (Lipinski definition) is 0. The van der Waals surface area contributed by atoms with Crippen molar-refractivity contribution in [3.05, 3.63) is 78.9 Å². The average molecular weight is 356 g/mol. The molecule has 0 aliphatic rings. The third kappa shape index (κ3) is 3.36. The molecule has 0 saturated carbocycles. The van der Waals surface area contributed by atoms with Crippen LogP contribution >= 0.6 is 0 Å². The van der Waals surface area contributed by atoms with Gasteiger partial charge in [0, 0.05) is 5.56 Å². The number of carbonyl (C=O) groups excluding carboxylic acids is 1. The number of ether oxygens (including phenoxy) is 2. The van der Waals surface area contributed by atoms with Crippen LogP contribution in [0.3, 0.4) is 0 Å². The Morgan fingerprint density at radius 1 is 0.778 bits per heavy atom. The van der Waals surface area contributed by atoms with Gasteiger partial charge >= 0.3 is 5.97 Å². The van der Waals surface area contributed by atoms with E-state index in [9.17, 15) is 4.79 Å². The van der Waals surface area contributed by atoms with E-state index in [1.165, 1.54) is 5.39 Å². The van der Waals surface area contributed by atoms with E-state index in [-0.39, 0.29) is 12.6 Å². The second kappa shape index (κ2) is 7.50. The molecule has 0 heterocycles. The first kappa shape index (κ1) is 17.1. The Bertz CT molecular complexity index is 1110. The van der Waals surface area contributed by atoms with Gasteiger partial charge in [0.15, 0.2) is 6.61 Å². The largest absolute Gasteiger partial charge is 0.481 e. The summed E-state index contributed by atoms with van der Waals surface area (Å²) < 4.78 is 10.9. The smallest absolute Gasteiger partial charge is 0.344 e. The van der Waals surface area contributed by atoms with E-state index in [0.29, 0.717) is 12.4 Å². The van der Waals surface area contributed by atoms with E-state index in [1.807, 2.05) is 36.4 Å². The fourth-order valence-electron chi connectivity index (χ4n) is 3.43. The Morgan fingerprint density at radius 3 is 2.22 bits per heavy atom. The summed E-state index contributed by atoms with van der Waals surface area (Å²) in [6, 6.07) is 26.7. The number of rotatable bonds is 5. The lowest BCUT2D eigenvalue weighted by molar-refractivity contribution is -0.145. The van der Waals surface area contributed by atoms with Crippen molar-refractivity contribution in [1.82, 2.24) is 0 Å². The van der Waals surface area contributed by atoms with E-state index < -0.39 is 0 Å². The first-order valence-corrected chi connectivity index (χ1v) is 9.06. The molecule has 0 atom stereocenters. The highest BCUT2D eigenvalue weighted by atomic mass is 16.6. The zero-order valence-electron chi connectivity index (χ0n) is 15.1. The van der Waals surface area contributed by atoms with Crippen molar-refractivity contribution in [2.45, 2.75) is 6.92 Å². The second-order valence-electron chi connectivity index (χ2n) is 6.28. The summed E-state index contributed by atoms with van der Waals surface area (Å²) in [7, 11) is 0. The predicted octanol–water partition coefficient (Wildman–Crippen LogP) is 5.60. The lowest BCUT2D eigenvalue weighted by Gasteiger charge is -2.16. The number of carbonyl (C=O) groups is 1. The zero-order chi connectivity index (χ0) is 18.6. The molecule has 0 bridgehead atoms. The van der Waals surface area contributed by atoms with Crippen molar-refractivity contribution in [3.8, 4) is 16.9 Å². The minimum atomic E-state index is -0.366. The van der Waals surface area contributed by atoms with Crippen LogP contribution in [0.4, 0.5) is 0 Å². The predicted molar refractivity (Wildman–Crippen MR) is 109 cm³/mol. The van der Waals surface area contributed by atoms with Gasteiger partial charge in [-0.3, -0.25) is 0 Å². The van der Waals surface area contributed by atoms with Gasteiger partial charge in [0.1, 0.15) is 5.75 Å². The van der Waals surface area contributed by atoms with Crippen LogP contribution in [-0.4, -0.2) is 19.2 Å². The van der Waals surface area contributed by atoms with Gasteiger partial charge in [-0.2, -0.15) is 0 Å². The van der Waals surface area contributed by atoms with Gasteiger partial charge in [-0.05, 0) is 40.1 Å². The van der Waals surface area contributed by atoms with E-state index in [0.717, 1.165) is 27.3 Å². The summed E-state index contributed by atoms with van der Waals surface area (Å²) >= 11 is 0. The van der Waals surface area contributed by atoms with Gasteiger partial charge in [0.25, 0.3) is 0 Å². The van der Waals surface area contributed by atoms with E-state index in [4.69, 9.17) is 9.47 Å². The molecular formula is C24H20O3. The first-order valence-electron chi connectivity index (χ1n) is 9.06. The fourth-order valence-corrected chi connectivity index (χ4v) is 3.43. The molecule has 0 spiro atoms. The maximum absolute atomic E-state index is 11.8. The van der Waals surface area contributed by atoms with Crippen LogP contribution in [-0.2, 0) is 9.53 Å². The van der Waals surface area contributed by atoms with E-state index >= 15 is 0 Å². The van der Waals surface area contributed by atoms with Gasteiger partial charge in [-0.15, -0.1) is 0 Å². The molecule has 27 heavy (non-hydrogen) atoms. The monoisotopic (exact) mass is 356 g/mol. The Kier molecular flexibility index (Phi) is 4.75. The molecule has 0 saturated heterocycles. The molecule has 4 aromatic carbocycles. The van der Waals surface area contributed by atoms with Crippen molar-refractivity contribution in [1.29, 1.82) is 0 Å². The molecule has 0 N–H and O–H groups in total. The molecule has 0 unspecified atom stereocenters.